The lowest BCUT2D eigenvalue weighted by Crippen LogP contribution is -2.35. The average molecular weight is 267 g/mol. The summed E-state index contributed by atoms with van der Waals surface area (Å²) in [5.74, 6) is 0.00720. The second-order valence-electron chi connectivity index (χ2n) is 5.13. The van der Waals surface area contributed by atoms with Crippen molar-refractivity contribution >= 4 is 5.91 Å². The first-order chi connectivity index (χ1) is 9.69. The largest absolute Gasteiger partial charge is 0.349 e. The third kappa shape index (κ3) is 3.95. The van der Waals surface area contributed by atoms with Gasteiger partial charge in [0.05, 0.1) is 0 Å². The maximum absolute atomic E-state index is 12.2. The van der Waals surface area contributed by atoms with Crippen molar-refractivity contribution in [2.24, 2.45) is 0 Å². The summed E-state index contributed by atoms with van der Waals surface area (Å²) in [4.78, 5) is 12.2. The smallest absolute Gasteiger partial charge is 0.251 e. The van der Waals surface area contributed by atoms with Crippen molar-refractivity contribution in [1.29, 1.82) is 0 Å². The average Bonchev–Trinajstić information content (AvgIpc) is 2.48. The molecule has 2 rings (SSSR count). The molecule has 0 saturated heterocycles. The zero-order valence-electron chi connectivity index (χ0n) is 12.1. The fourth-order valence-corrected chi connectivity index (χ4v) is 2.17. The van der Waals surface area contributed by atoms with E-state index in [1.54, 1.807) is 0 Å². The SMILES string of the molecule is CCC(Cc1ccccc1)NC(=O)c1ccc(C)cc1. The molecule has 20 heavy (non-hydrogen) atoms. The molecule has 0 aromatic heterocycles. The summed E-state index contributed by atoms with van der Waals surface area (Å²) in [6, 6.07) is 18.1. The van der Waals surface area contributed by atoms with Crippen LogP contribution in [0.4, 0.5) is 0 Å². The van der Waals surface area contributed by atoms with E-state index in [9.17, 15) is 4.79 Å². The van der Waals surface area contributed by atoms with Crippen LogP contribution in [0.15, 0.2) is 54.6 Å². The lowest BCUT2D eigenvalue weighted by atomic mass is 10.0. The molecule has 104 valence electrons. The van der Waals surface area contributed by atoms with Gasteiger partial charge in [-0.3, -0.25) is 4.79 Å². The van der Waals surface area contributed by atoms with Crippen molar-refractivity contribution in [2.45, 2.75) is 32.7 Å². The van der Waals surface area contributed by atoms with Crippen LogP contribution >= 0.6 is 0 Å². The first-order valence-electron chi connectivity index (χ1n) is 7.10. The Balaban J connectivity index is 1.99. The Morgan fingerprint density at radius 2 is 1.70 bits per heavy atom. The molecule has 0 aliphatic heterocycles. The molecular formula is C18H21NO. The fourth-order valence-electron chi connectivity index (χ4n) is 2.17. The van der Waals surface area contributed by atoms with E-state index in [2.05, 4.69) is 24.4 Å². The van der Waals surface area contributed by atoms with Crippen molar-refractivity contribution in [2.75, 3.05) is 0 Å². The van der Waals surface area contributed by atoms with Crippen LogP contribution < -0.4 is 5.32 Å². The molecule has 0 saturated carbocycles. The Hall–Kier alpha value is -2.09. The first kappa shape index (κ1) is 14.3. The van der Waals surface area contributed by atoms with Crippen LogP contribution in [0.1, 0.15) is 34.8 Å². The molecular weight excluding hydrogens is 246 g/mol. The van der Waals surface area contributed by atoms with E-state index >= 15 is 0 Å². The van der Waals surface area contributed by atoms with Crippen molar-refractivity contribution < 1.29 is 4.79 Å². The monoisotopic (exact) mass is 267 g/mol. The third-order valence-corrected chi connectivity index (χ3v) is 3.47. The Kier molecular flexibility index (Phi) is 4.94. The molecule has 0 aliphatic rings. The molecule has 1 atom stereocenters. The van der Waals surface area contributed by atoms with Gasteiger partial charge in [-0.15, -0.1) is 0 Å². The summed E-state index contributed by atoms with van der Waals surface area (Å²) in [6.45, 7) is 4.12. The number of aryl methyl sites for hydroxylation is 1. The van der Waals surface area contributed by atoms with Gasteiger partial charge in [0, 0.05) is 11.6 Å². The van der Waals surface area contributed by atoms with Gasteiger partial charge < -0.3 is 5.32 Å². The Labute approximate surface area is 120 Å². The minimum atomic E-state index is 0.00720. The highest BCUT2D eigenvalue weighted by Crippen LogP contribution is 2.08. The standard InChI is InChI=1S/C18H21NO/c1-3-17(13-15-7-5-4-6-8-15)19-18(20)16-11-9-14(2)10-12-16/h4-12,17H,3,13H2,1-2H3,(H,19,20). The van der Waals surface area contributed by atoms with Gasteiger partial charge in [0.25, 0.3) is 5.91 Å². The summed E-state index contributed by atoms with van der Waals surface area (Å²) >= 11 is 0. The quantitative estimate of drug-likeness (QED) is 0.878. The fraction of sp³-hybridized carbons (Fsp3) is 0.278. The lowest BCUT2D eigenvalue weighted by Gasteiger charge is -2.17. The van der Waals surface area contributed by atoms with E-state index in [0.717, 1.165) is 24.0 Å². The molecule has 1 unspecified atom stereocenters. The second-order valence-corrected chi connectivity index (χ2v) is 5.13. The molecule has 0 heterocycles. The maximum atomic E-state index is 12.2. The number of carbonyl (C=O) groups is 1. The summed E-state index contributed by atoms with van der Waals surface area (Å²) in [5.41, 5.74) is 3.14. The van der Waals surface area contributed by atoms with Gasteiger partial charge in [0.15, 0.2) is 0 Å². The molecule has 1 amide bonds. The van der Waals surface area contributed by atoms with Crippen LogP contribution in [-0.4, -0.2) is 11.9 Å². The van der Waals surface area contributed by atoms with Gasteiger partial charge in [0.2, 0.25) is 0 Å². The molecule has 0 spiro atoms. The van der Waals surface area contributed by atoms with Crippen LogP contribution in [0.5, 0.6) is 0 Å². The van der Waals surface area contributed by atoms with Crippen molar-refractivity contribution in [3.8, 4) is 0 Å². The first-order valence-corrected chi connectivity index (χ1v) is 7.10. The van der Waals surface area contributed by atoms with E-state index in [-0.39, 0.29) is 11.9 Å². The van der Waals surface area contributed by atoms with Gasteiger partial charge in [-0.2, -0.15) is 0 Å². The van der Waals surface area contributed by atoms with Gasteiger partial charge in [-0.05, 0) is 37.5 Å². The number of rotatable bonds is 5. The second kappa shape index (κ2) is 6.90. The van der Waals surface area contributed by atoms with Crippen LogP contribution in [0.3, 0.4) is 0 Å². The molecule has 0 radical (unpaired) electrons. The zero-order chi connectivity index (χ0) is 14.4. The molecule has 2 nitrogen and oxygen atoms in total. The van der Waals surface area contributed by atoms with Crippen LogP contribution in [0, 0.1) is 6.92 Å². The Bertz CT molecular complexity index is 545. The number of nitrogens with one attached hydrogen (secondary N) is 1. The van der Waals surface area contributed by atoms with Gasteiger partial charge in [-0.1, -0.05) is 55.0 Å². The van der Waals surface area contributed by atoms with E-state index in [1.807, 2.05) is 49.4 Å². The molecule has 0 bridgehead atoms. The number of benzene rings is 2. The van der Waals surface area contributed by atoms with Crippen LogP contribution in [0.25, 0.3) is 0 Å². The number of hydrogen-bond acceptors (Lipinski definition) is 1. The predicted octanol–water partition coefficient (Wildman–Crippen LogP) is 3.75. The Morgan fingerprint density at radius 1 is 1.05 bits per heavy atom. The molecule has 2 aromatic rings. The highest BCUT2D eigenvalue weighted by atomic mass is 16.1. The van der Waals surface area contributed by atoms with E-state index in [0.29, 0.717) is 0 Å². The number of carbonyl (C=O) groups excluding carboxylic acids is 1. The number of hydrogen-bond donors (Lipinski definition) is 1. The van der Waals surface area contributed by atoms with Crippen molar-refractivity contribution in [1.82, 2.24) is 5.32 Å². The predicted molar refractivity (Wildman–Crippen MR) is 82.9 cm³/mol. The molecule has 1 N–H and O–H groups in total. The minimum Gasteiger partial charge on any atom is -0.349 e. The topological polar surface area (TPSA) is 29.1 Å². The van der Waals surface area contributed by atoms with Crippen LogP contribution in [-0.2, 0) is 6.42 Å². The third-order valence-electron chi connectivity index (χ3n) is 3.47. The number of amides is 1. The van der Waals surface area contributed by atoms with Crippen molar-refractivity contribution in [3.05, 3.63) is 71.3 Å². The van der Waals surface area contributed by atoms with E-state index < -0.39 is 0 Å². The molecule has 2 aromatic carbocycles. The summed E-state index contributed by atoms with van der Waals surface area (Å²) in [5, 5.41) is 3.11. The summed E-state index contributed by atoms with van der Waals surface area (Å²) < 4.78 is 0. The lowest BCUT2D eigenvalue weighted by molar-refractivity contribution is 0.0936. The Morgan fingerprint density at radius 3 is 2.30 bits per heavy atom. The molecule has 0 aliphatic carbocycles. The highest BCUT2D eigenvalue weighted by molar-refractivity contribution is 5.94. The van der Waals surface area contributed by atoms with Gasteiger partial charge >= 0.3 is 0 Å². The maximum Gasteiger partial charge on any atom is 0.251 e. The minimum absolute atomic E-state index is 0.00720. The highest BCUT2D eigenvalue weighted by Gasteiger charge is 2.12. The normalized spacial score (nSPS) is 11.9. The molecule has 2 heteroatoms. The molecule has 0 fully saturated rings. The van der Waals surface area contributed by atoms with Crippen molar-refractivity contribution in [3.63, 3.8) is 0 Å². The van der Waals surface area contributed by atoms with Gasteiger partial charge in [0.1, 0.15) is 0 Å². The zero-order valence-corrected chi connectivity index (χ0v) is 12.1. The van der Waals surface area contributed by atoms with E-state index in [1.165, 1.54) is 5.56 Å². The van der Waals surface area contributed by atoms with Gasteiger partial charge in [-0.25, -0.2) is 0 Å². The van der Waals surface area contributed by atoms with E-state index in [4.69, 9.17) is 0 Å². The summed E-state index contributed by atoms with van der Waals surface area (Å²) in [6.07, 6.45) is 1.79. The summed E-state index contributed by atoms with van der Waals surface area (Å²) in [7, 11) is 0. The van der Waals surface area contributed by atoms with Crippen LogP contribution in [0.2, 0.25) is 0 Å².